The van der Waals surface area contributed by atoms with E-state index in [9.17, 15) is 0 Å². The maximum Gasteiger partial charge on any atom is 0.0158 e. The fourth-order valence-corrected chi connectivity index (χ4v) is 8.57. The number of nitrogens with one attached hydrogen (secondary N) is 1. The average molecular weight is 494 g/mol. The van der Waals surface area contributed by atoms with Crippen molar-refractivity contribution in [3.63, 3.8) is 0 Å². The lowest BCUT2D eigenvalue weighted by molar-refractivity contribution is -0.0258. The molecule has 3 saturated heterocycles. The molecule has 3 fully saturated rings. The summed E-state index contributed by atoms with van der Waals surface area (Å²) in [7, 11) is 4.51. The number of nitrogens with zero attached hydrogens (tertiary/aromatic N) is 2. The van der Waals surface area contributed by atoms with Gasteiger partial charge < -0.3 is 5.32 Å². The highest BCUT2D eigenvalue weighted by Gasteiger charge is 2.42. The molecule has 3 nitrogen and oxygen atoms in total. The molecular formula is C32H67N3. The molecule has 0 radical (unpaired) electrons. The van der Waals surface area contributed by atoms with Crippen LogP contribution in [0.3, 0.4) is 0 Å². The van der Waals surface area contributed by atoms with E-state index in [2.05, 4.69) is 133 Å². The predicted octanol–water partition coefficient (Wildman–Crippen LogP) is 8.37. The van der Waals surface area contributed by atoms with Gasteiger partial charge in [-0.25, -0.2) is 0 Å². The normalized spacial score (nSPS) is 30.4. The molecule has 0 unspecified atom stereocenters. The van der Waals surface area contributed by atoms with E-state index in [0.717, 1.165) is 17.8 Å². The predicted molar refractivity (Wildman–Crippen MR) is 158 cm³/mol. The number of hydrogen-bond donors (Lipinski definition) is 1. The molecule has 210 valence electrons. The Morgan fingerprint density at radius 2 is 0.629 bits per heavy atom. The van der Waals surface area contributed by atoms with Crippen LogP contribution in [-0.2, 0) is 0 Å². The smallest absolute Gasteiger partial charge is 0.0158 e. The summed E-state index contributed by atoms with van der Waals surface area (Å²) < 4.78 is 0. The van der Waals surface area contributed by atoms with Gasteiger partial charge in [0.15, 0.2) is 0 Å². The van der Waals surface area contributed by atoms with Gasteiger partial charge in [0, 0.05) is 33.2 Å². The van der Waals surface area contributed by atoms with Crippen molar-refractivity contribution in [2.24, 2.45) is 17.8 Å². The second kappa shape index (κ2) is 10.9. The second-order valence-electron chi connectivity index (χ2n) is 16.8. The lowest BCUT2D eigenvalue weighted by Crippen LogP contribution is -2.58. The summed E-state index contributed by atoms with van der Waals surface area (Å²) in [6.45, 7) is 35.1. The van der Waals surface area contributed by atoms with Crippen molar-refractivity contribution in [1.82, 2.24) is 15.1 Å². The zero-order valence-electron chi connectivity index (χ0n) is 27.4. The van der Waals surface area contributed by atoms with Crippen LogP contribution < -0.4 is 5.32 Å². The van der Waals surface area contributed by atoms with Gasteiger partial charge in [0.05, 0.1) is 0 Å². The molecule has 0 bridgehead atoms. The standard InChI is InChI=1S/2C11H23N.C10H21N/c2*1-9-7-10(2,3)12(6)11(4,5)8-9;1-8-6-9(2,3)11-10(4,5)7-8/h2*9H,7-8H2,1-6H3;8,11H,6-7H2,1-5H3. The first kappa shape index (κ1) is 32.9. The van der Waals surface area contributed by atoms with Gasteiger partial charge in [-0.3, -0.25) is 9.80 Å². The van der Waals surface area contributed by atoms with Gasteiger partial charge in [-0.2, -0.15) is 0 Å². The van der Waals surface area contributed by atoms with E-state index < -0.39 is 0 Å². The van der Waals surface area contributed by atoms with E-state index in [1.807, 2.05) is 0 Å². The number of rotatable bonds is 0. The number of likely N-dealkylation sites (tertiary alicyclic amines) is 2. The second-order valence-corrected chi connectivity index (χ2v) is 16.8. The molecule has 3 heterocycles. The Labute approximate surface area is 222 Å². The lowest BCUT2D eigenvalue weighted by Gasteiger charge is -2.53. The summed E-state index contributed by atoms with van der Waals surface area (Å²) in [6.07, 6.45) is 7.91. The van der Waals surface area contributed by atoms with Crippen molar-refractivity contribution in [2.75, 3.05) is 14.1 Å². The molecule has 1 N–H and O–H groups in total. The first-order chi connectivity index (χ1) is 15.3. The molecule has 0 aromatic rings. The molecule has 0 aliphatic carbocycles. The van der Waals surface area contributed by atoms with Crippen molar-refractivity contribution in [3.8, 4) is 0 Å². The van der Waals surface area contributed by atoms with E-state index in [1.165, 1.54) is 38.5 Å². The molecule has 0 aromatic carbocycles. The summed E-state index contributed by atoms with van der Waals surface area (Å²) in [4.78, 5) is 5.06. The van der Waals surface area contributed by atoms with Crippen LogP contribution in [0.4, 0.5) is 0 Å². The van der Waals surface area contributed by atoms with Gasteiger partial charge in [0.1, 0.15) is 0 Å². The zero-order valence-corrected chi connectivity index (χ0v) is 27.4. The van der Waals surface area contributed by atoms with Gasteiger partial charge in [-0.1, -0.05) is 20.8 Å². The van der Waals surface area contributed by atoms with Gasteiger partial charge >= 0.3 is 0 Å². The SMILES string of the molecule is CC1CC(C)(C)N(C)C(C)(C)C1.CC1CC(C)(C)N(C)C(C)(C)C1.CC1CC(C)(C)NC(C)(C)C1. The van der Waals surface area contributed by atoms with Crippen molar-refractivity contribution in [2.45, 2.75) is 176 Å². The fraction of sp³-hybridized carbons (Fsp3) is 1.00. The molecule has 0 spiro atoms. The largest absolute Gasteiger partial charge is 0.307 e. The quantitative estimate of drug-likeness (QED) is 0.365. The Morgan fingerprint density at radius 1 is 0.429 bits per heavy atom. The topological polar surface area (TPSA) is 18.5 Å². The maximum atomic E-state index is 3.66. The molecule has 3 heteroatoms. The molecule has 3 rings (SSSR count). The first-order valence-corrected chi connectivity index (χ1v) is 14.6. The summed E-state index contributed by atoms with van der Waals surface area (Å²) in [5.41, 5.74) is 2.17. The Hall–Kier alpha value is -0.120. The summed E-state index contributed by atoms with van der Waals surface area (Å²) >= 11 is 0. The highest BCUT2D eigenvalue weighted by atomic mass is 15.2. The monoisotopic (exact) mass is 494 g/mol. The molecule has 3 aliphatic heterocycles. The third-order valence-electron chi connectivity index (χ3n) is 9.42. The van der Waals surface area contributed by atoms with E-state index >= 15 is 0 Å². The Bertz CT molecular complexity index is 578. The van der Waals surface area contributed by atoms with Crippen LogP contribution in [0, 0.1) is 17.8 Å². The van der Waals surface area contributed by atoms with Gasteiger partial charge in [-0.05, 0) is 153 Å². The highest BCUT2D eigenvalue weighted by molar-refractivity contribution is 4.98. The Kier molecular flexibility index (Phi) is 10.3. The minimum Gasteiger partial charge on any atom is -0.307 e. The Morgan fingerprint density at radius 3 is 0.829 bits per heavy atom. The minimum absolute atomic E-state index is 0.334. The van der Waals surface area contributed by atoms with Crippen molar-refractivity contribution >= 4 is 0 Å². The van der Waals surface area contributed by atoms with E-state index in [0.29, 0.717) is 33.2 Å². The highest BCUT2D eigenvalue weighted by Crippen LogP contribution is 2.40. The van der Waals surface area contributed by atoms with E-state index in [-0.39, 0.29) is 0 Å². The number of piperidine rings is 3. The minimum atomic E-state index is 0.334. The summed E-state index contributed by atoms with van der Waals surface area (Å²) in [5.74, 6) is 2.60. The van der Waals surface area contributed by atoms with Crippen LogP contribution in [0.15, 0.2) is 0 Å². The molecule has 35 heavy (non-hydrogen) atoms. The lowest BCUT2D eigenvalue weighted by atomic mass is 9.75. The molecule has 0 aromatic heterocycles. The van der Waals surface area contributed by atoms with Gasteiger partial charge in [-0.15, -0.1) is 0 Å². The summed E-state index contributed by atoms with van der Waals surface area (Å²) in [5, 5.41) is 3.66. The fourth-order valence-electron chi connectivity index (χ4n) is 8.57. The molecular weight excluding hydrogens is 426 g/mol. The third-order valence-corrected chi connectivity index (χ3v) is 9.42. The third kappa shape index (κ3) is 9.60. The van der Waals surface area contributed by atoms with Crippen LogP contribution in [0.5, 0.6) is 0 Å². The van der Waals surface area contributed by atoms with Crippen molar-refractivity contribution in [3.05, 3.63) is 0 Å². The Balaban J connectivity index is 0.000000263. The molecule has 0 atom stereocenters. The average Bonchev–Trinajstić information content (AvgIpc) is 2.53. The van der Waals surface area contributed by atoms with Gasteiger partial charge in [0.2, 0.25) is 0 Å². The van der Waals surface area contributed by atoms with E-state index in [1.54, 1.807) is 0 Å². The first-order valence-electron chi connectivity index (χ1n) is 14.6. The van der Waals surface area contributed by atoms with Gasteiger partial charge in [0.25, 0.3) is 0 Å². The maximum absolute atomic E-state index is 3.66. The van der Waals surface area contributed by atoms with E-state index in [4.69, 9.17) is 0 Å². The number of hydrogen-bond acceptors (Lipinski definition) is 3. The molecule has 3 aliphatic rings. The zero-order chi connectivity index (χ0) is 27.8. The van der Waals surface area contributed by atoms with Crippen molar-refractivity contribution < 1.29 is 0 Å². The summed E-state index contributed by atoms with van der Waals surface area (Å²) in [6, 6.07) is 0. The van der Waals surface area contributed by atoms with Crippen LogP contribution in [-0.4, -0.2) is 57.1 Å². The van der Waals surface area contributed by atoms with Crippen LogP contribution in [0.2, 0.25) is 0 Å². The molecule has 0 amide bonds. The van der Waals surface area contributed by atoms with Crippen LogP contribution in [0.1, 0.15) is 142 Å². The van der Waals surface area contributed by atoms with Crippen LogP contribution in [0.25, 0.3) is 0 Å². The van der Waals surface area contributed by atoms with Crippen LogP contribution >= 0.6 is 0 Å². The van der Waals surface area contributed by atoms with Crippen molar-refractivity contribution in [1.29, 1.82) is 0 Å². The molecule has 0 saturated carbocycles.